The molecule has 3 saturated heterocycles. The summed E-state index contributed by atoms with van der Waals surface area (Å²) in [5.41, 5.74) is 0. The van der Waals surface area contributed by atoms with Crippen molar-refractivity contribution in [3.8, 4) is 0 Å². The monoisotopic (exact) mass is 1290 g/mol. The number of hydrogen-bond donors (Lipinski definition) is 12. The van der Waals surface area contributed by atoms with Crippen LogP contribution in [0.2, 0.25) is 0 Å². The average molecular weight is 1290 g/mol. The first-order valence-corrected chi connectivity index (χ1v) is 35.3. The van der Waals surface area contributed by atoms with Crippen LogP contribution in [0.4, 0.5) is 0 Å². The smallest absolute Gasteiger partial charge is 0.220 e. The number of aliphatic hydroxyl groups excluding tert-OH is 11. The Morgan fingerprint density at radius 1 is 0.407 bits per heavy atom. The maximum atomic E-state index is 13.4. The maximum Gasteiger partial charge on any atom is 0.220 e. The highest BCUT2D eigenvalue weighted by Crippen LogP contribution is 2.33. The highest BCUT2D eigenvalue weighted by atomic mass is 16.8. The molecule has 12 N–H and O–H groups in total. The highest BCUT2D eigenvalue weighted by molar-refractivity contribution is 5.76. The van der Waals surface area contributed by atoms with Crippen LogP contribution in [0.15, 0.2) is 85.1 Å². The van der Waals surface area contributed by atoms with Gasteiger partial charge in [0.1, 0.15) is 73.2 Å². The molecule has 17 unspecified atom stereocenters. The third kappa shape index (κ3) is 35.0. The third-order valence-corrected chi connectivity index (χ3v) is 17.2. The zero-order chi connectivity index (χ0) is 66.1. The summed E-state index contributed by atoms with van der Waals surface area (Å²) in [6.07, 6.45) is 40.9. The van der Waals surface area contributed by atoms with Gasteiger partial charge in [-0.2, -0.15) is 0 Å². The summed E-state index contributed by atoms with van der Waals surface area (Å²) in [5.74, 6) is -0.250. The van der Waals surface area contributed by atoms with Gasteiger partial charge in [0.25, 0.3) is 0 Å². The summed E-state index contributed by atoms with van der Waals surface area (Å²) in [4.78, 5) is 13.4. The number of carbonyl (C=O) groups is 1. The Bertz CT molecular complexity index is 1980. The van der Waals surface area contributed by atoms with E-state index in [0.29, 0.717) is 12.8 Å². The van der Waals surface area contributed by atoms with Crippen molar-refractivity contribution in [3.63, 3.8) is 0 Å². The minimum absolute atomic E-state index is 0.250. The van der Waals surface area contributed by atoms with Gasteiger partial charge in [0.05, 0.1) is 38.6 Å². The van der Waals surface area contributed by atoms with Crippen molar-refractivity contribution in [2.45, 2.75) is 336 Å². The quantitative estimate of drug-likeness (QED) is 0.0199. The third-order valence-electron chi connectivity index (χ3n) is 17.2. The number of aliphatic hydroxyl groups is 11. The molecule has 0 aliphatic carbocycles. The molecule has 0 aromatic rings. The second-order valence-corrected chi connectivity index (χ2v) is 25.0. The molecule has 0 aromatic carbocycles. The minimum Gasteiger partial charge on any atom is -0.394 e. The van der Waals surface area contributed by atoms with Gasteiger partial charge in [-0.3, -0.25) is 4.79 Å². The van der Waals surface area contributed by atoms with E-state index in [9.17, 15) is 61.0 Å². The van der Waals surface area contributed by atoms with Crippen LogP contribution < -0.4 is 5.32 Å². The van der Waals surface area contributed by atoms with Gasteiger partial charge in [-0.1, -0.05) is 240 Å². The summed E-state index contributed by atoms with van der Waals surface area (Å²) in [6, 6.07) is -0.893. The lowest BCUT2D eigenvalue weighted by molar-refractivity contribution is -0.379. The van der Waals surface area contributed by atoms with Crippen LogP contribution in [0.25, 0.3) is 0 Å². The maximum absolute atomic E-state index is 13.4. The van der Waals surface area contributed by atoms with Crippen LogP contribution in [0.3, 0.4) is 0 Å². The Kier molecular flexibility index (Phi) is 48.0. The van der Waals surface area contributed by atoms with Crippen molar-refractivity contribution < 1.29 is 89.4 Å². The molecule has 3 rings (SSSR count). The molecule has 0 saturated carbocycles. The van der Waals surface area contributed by atoms with Crippen LogP contribution in [-0.4, -0.2) is 193 Å². The standard InChI is InChI=1S/C72H125NO18/c1-3-5-7-9-11-13-15-17-18-19-20-21-22-23-24-25-26-27-28-29-30-31-32-33-34-35-36-38-40-42-44-46-48-50-60(78)73-55(56(77)49-47-45-43-41-39-37-16-14-12-10-8-6-4-2)54-86-70-66(84)63(81)68(58(52-75)88-70)91-72-67(85)64(82)69(59(53-76)89-72)90-71-65(83)62(80)61(79)57(51-74)87-71/h5,7,11,13,17-18,20-21,23-24,26-27,29-30,55-59,61-72,74-77,79-85H,3-4,6,8-10,12,14-16,19,22,25,28,31-54H2,1-2H3,(H,73,78)/b7-5-,13-11-,18-17-,21-20-,24-23-,27-26-,30-29-. The molecule has 17 atom stereocenters. The van der Waals surface area contributed by atoms with Crippen molar-refractivity contribution in [1.82, 2.24) is 5.32 Å². The number of allylic oxidation sites excluding steroid dienone is 14. The molecule has 1 amide bonds. The number of amides is 1. The van der Waals surface area contributed by atoms with Gasteiger partial charge in [-0.05, 0) is 70.6 Å². The molecule has 19 nitrogen and oxygen atoms in total. The fourth-order valence-electron chi connectivity index (χ4n) is 11.5. The van der Waals surface area contributed by atoms with E-state index in [4.69, 9.17) is 28.4 Å². The van der Waals surface area contributed by atoms with E-state index in [1.54, 1.807) is 0 Å². The predicted molar refractivity (Wildman–Crippen MR) is 355 cm³/mol. The minimum atomic E-state index is -1.98. The number of ether oxygens (including phenoxy) is 6. The van der Waals surface area contributed by atoms with Crippen molar-refractivity contribution in [2.75, 3.05) is 26.4 Å². The first-order chi connectivity index (χ1) is 44.3. The van der Waals surface area contributed by atoms with Crippen molar-refractivity contribution >= 4 is 5.91 Å². The van der Waals surface area contributed by atoms with Crippen LogP contribution in [0, 0.1) is 0 Å². The molecule has 526 valence electrons. The lowest BCUT2D eigenvalue weighted by Crippen LogP contribution is -2.66. The lowest BCUT2D eigenvalue weighted by atomic mass is 9.96. The molecule has 3 fully saturated rings. The van der Waals surface area contributed by atoms with Gasteiger partial charge < -0.3 is 89.9 Å². The molecule has 3 heterocycles. The Morgan fingerprint density at radius 3 is 1.19 bits per heavy atom. The number of unbranched alkanes of at least 4 members (excludes halogenated alkanes) is 23. The van der Waals surface area contributed by atoms with Gasteiger partial charge in [0.2, 0.25) is 5.91 Å². The first-order valence-electron chi connectivity index (χ1n) is 35.3. The molecular weight excluding hydrogens is 1170 g/mol. The molecule has 0 aromatic heterocycles. The molecule has 0 radical (unpaired) electrons. The Labute approximate surface area is 546 Å². The van der Waals surface area contributed by atoms with Crippen LogP contribution >= 0.6 is 0 Å². The Morgan fingerprint density at radius 2 is 0.758 bits per heavy atom. The highest BCUT2D eigenvalue weighted by Gasteiger charge is 2.53. The molecule has 0 bridgehead atoms. The number of rotatable bonds is 53. The molecule has 19 heteroatoms. The summed E-state index contributed by atoms with van der Waals surface area (Å²) < 4.78 is 34.4. The summed E-state index contributed by atoms with van der Waals surface area (Å²) in [7, 11) is 0. The van der Waals surface area contributed by atoms with Gasteiger partial charge in [0.15, 0.2) is 18.9 Å². The second-order valence-electron chi connectivity index (χ2n) is 25.0. The number of carbonyl (C=O) groups excluding carboxylic acids is 1. The van der Waals surface area contributed by atoms with E-state index in [1.807, 2.05) is 0 Å². The second kappa shape index (κ2) is 53.2. The summed E-state index contributed by atoms with van der Waals surface area (Å²) in [6.45, 7) is 1.67. The van der Waals surface area contributed by atoms with Crippen molar-refractivity contribution in [3.05, 3.63) is 85.1 Å². The van der Waals surface area contributed by atoms with Crippen molar-refractivity contribution in [1.29, 1.82) is 0 Å². The van der Waals surface area contributed by atoms with Gasteiger partial charge in [0, 0.05) is 6.42 Å². The van der Waals surface area contributed by atoms with E-state index in [0.717, 1.165) is 96.3 Å². The normalized spacial score (nSPS) is 28.4. The van der Waals surface area contributed by atoms with Crippen molar-refractivity contribution in [2.24, 2.45) is 0 Å². The largest absolute Gasteiger partial charge is 0.394 e. The molecule has 0 spiro atoms. The van der Waals surface area contributed by atoms with E-state index in [-0.39, 0.29) is 18.9 Å². The predicted octanol–water partition coefficient (Wildman–Crippen LogP) is 9.49. The summed E-state index contributed by atoms with van der Waals surface area (Å²) >= 11 is 0. The van der Waals surface area contributed by atoms with Crippen LogP contribution in [-0.2, 0) is 33.2 Å². The van der Waals surface area contributed by atoms with E-state index in [2.05, 4.69) is 104 Å². The zero-order valence-electron chi connectivity index (χ0n) is 55.5. The molecule has 3 aliphatic rings. The number of hydrogen-bond acceptors (Lipinski definition) is 18. The van der Waals surface area contributed by atoms with Gasteiger partial charge in [-0.15, -0.1) is 0 Å². The fourth-order valence-corrected chi connectivity index (χ4v) is 11.5. The van der Waals surface area contributed by atoms with Crippen LogP contribution in [0.5, 0.6) is 0 Å². The first kappa shape index (κ1) is 82.2. The molecule has 3 aliphatic heterocycles. The molecule has 91 heavy (non-hydrogen) atoms. The van der Waals surface area contributed by atoms with Gasteiger partial charge >= 0.3 is 0 Å². The Balaban J connectivity index is 1.37. The summed E-state index contributed by atoms with van der Waals surface area (Å²) in [5, 5.41) is 121. The zero-order valence-corrected chi connectivity index (χ0v) is 55.5. The van der Waals surface area contributed by atoms with E-state index < -0.39 is 124 Å². The lowest BCUT2D eigenvalue weighted by Gasteiger charge is -2.48. The number of nitrogens with one attached hydrogen (secondary N) is 1. The SMILES string of the molecule is CC/C=C\C/C=C\C/C=C\C/C=C\C/C=C\C/C=C\C/C=C\CCCCCCCCCCCCCC(=O)NC(COC1OC(CO)C(OC2OC(CO)C(OC3OC(CO)C(O)C(O)C3O)C(O)C2O)C(O)C1O)C(O)CCCCCCCCCCCCCCC. The van der Waals surface area contributed by atoms with E-state index >= 15 is 0 Å². The van der Waals surface area contributed by atoms with Gasteiger partial charge in [-0.25, -0.2) is 0 Å². The topological polar surface area (TPSA) is 307 Å². The molecular formula is C72H125NO18. The Hall–Kier alpha value is -3.03. The van der Waals surface area contributed by atoms with E-state index in [1.165, 1.54) is 103 Å². The van der Waals surface area contributed by atoms with Crippen LogP contribution in [0.1, 0.15) is 232 Å². The average Bonchev–Trinajstić information content (AvgIpc) is 0.871. The fraction of sp³-hybridized carbons (Fsp3) is 0.792.